The van der Waals surface area contributed by atoms with Crippen molar-refractivity contribution in [3.8, 4) is 0 Å². The highest BCUT2D eigenvalue weighted by atomic mass is 14.4. The number of rotatable bonds is 0. The SMILES string of the molecule is C1=CC2C3=CCC2=C13. The van der Waals surface area contributed by atoms with E-state index in [4.69, 9.17) is 0 Å². The van der Waals surface area contributed by atoms with Gasteiger partial charge in [-0.2, -0.15) is 0 Å². The molecule has 8 heavy (non-hydrogen) atoms. The molecule has 0 aromatic carbocycles. The van der Waals surface area contributed by atoms with Gasteiger partial charge in [0.05, 0.1) is 0 Å². The Morgan fingerprint density at radius 2 is 2.50 bits per heavy atom. The third-order valence-corrected chi connectivity index (χ3v) is 2.36. The van der Waals surface area contributed by atoms with Gasteiger partial charge >= 0.3 is 0 Å². The molecule has 0 N–H and O–H groups in total. The molecule has 0 aromatic rings. The maximum absolute atomic E-state index is 2.36. The zero-order chi connectivity index (χ0) is 5.14. The van der Waals surface area contributed by atoms with Crippen molar-refractivity contribution in [3.63, 3.8) is 0 Å². The van der Waals surface area contributed by atoms with Gasteiger partial charge in [-0.05, 0) is 23.1 Å². The van der Waals surface area contributed by atoms with Crippen LogP contribution in [0.25, 0.3) is 0 Å². The van der Waals surface area contributed by atoms with Crippen molar-refractivity contribution in [3.05, 3.63) is 34.9 Å². The van der Waals surface area contributed by atoms with Gasteiger partial charge in [0.1, 0.15) is 0 Å². The van der Waals surface area contributed by atoms with Crippen LogP contribution in [-0.4, -0.2) is 0 Å². The lowest BCUT2D eigenvalue weighted by Crippen LogP contribution is -2.05. The predicted molar refractivity (Wildman–Crippen MR) is 32.4 cm³/mol. The summed E-state index contributed by atoms with van der Waals surface area (Å²) in [4.78, 5) is 0. The highest BCUT2D eigenvalue weighted by Gasteiger charge is 2.39. The van der Waals surface area contributed by atoms with E-state index in [1.54, 1.807) is 16.7 Å². The summed E-state index contributed by atoms with van der Waals surface area (Å²) in [6.45, 7) is 0. The minimum Gasteiger partial charge on any atom is -0.0757 e. The lowest BCUT2D eigenvalue weighted by Gasteiger charge is -2.18. The maximum Gasteiger partial charge on any atom is 0.0246 e. The fourth-order valence-electron chi connectivity index (χ4n) is 1.94. The molecule has 5 rings (SSSR count). The summed E-state index contributed by atoms with van der Waals surface area (Å²) < 4.78 is 0. The number of hydrogen-bond donors (Lipinski definition) is 0. The molecule has 1 atom stereocenters. The van der Waals surface area contributed by atoms with E-state index in [1.165, 1.54) is 6.42 Å². The first-order valence-corrected chi connectivity index (χ1v) is 3.08. The van der Waals surface area contributed by atoms with Gasteiger partial charge in [0.25, 0.3) is 0 Å². The summed E-state index contributed by atoms with van der Waals surface area (Å²) in [5.41, 5.74) is 4.86. The third kappa shape index (κ3) is 0.146. The summed E-state index contributed by atoms with van der Waals surface area (Å²) in [5, 5.41) is 0. The normalized spacial score (nSPS) is 36.0. The Bertz CT molecular complexity index is 244. The average Bonchev–Trinajstić information content (AvgIpc) is 2.39. The average molecular weight is 102 g/mol. The van der Waals surface area contributed by atoms with Crippen LogP contribution < -0.4 is 0 Å². The summed E-state index contributed by atoms with van der Waals surface area (Å²) in [6.07, 6.45) is 8.18. The van der Waals surface area contributed by atoms with Crippen molar-refractivity contribution < 1.29 is 0 Å². The molecule has 0 aromatic heterocycles. The predicted octanol–water partition coefficient (Wildman–Crippen LogP) is 1.81. The van der Waals surface area contributed by atoms with Gasteiger partial charge in [0.15, 0.2) is 0 Å². The molecule has 5 aliphatic carbocycles. The smallest absolute Gasteiger partial charge is 0.0246 e. The number of hydrogen-bond acceptors (Lipinski definition) is 0. The fraction of sp³-hybridized carbons (Fsp3) is 0.250. The Hall–Kier alpha value is -0.780. The molecule has 0 heteroatoms. The zero-order valence-electron chi connectivity index (χ0n) is 4.52. The minimum absolute atomic E-state index is 0.796. The van der Waals surface area contributed by atoms with E-state index in [1.807, 2.05) is 0 Å². The van der Waals surface area contributed by atoms with Crippen LogP contribution in [0, 0.1) is 5.92 Å². The van der Waals surface area contributed by atoms with Crippen LogP contribution in [0.5, 0.6) is 0 Å². The molecule has 38 valence electrons. The second-order valence-electron chi connectivity index (χ2n) is 2.64. The van der Waals surface area contributed by atoms with Gasteiger partial charge in [-0.15, -0.1) is 0 Å². The van der Waals surface area contributed by atoms with Crippen LogP contribution in [-0.2, 0) is 0 Å². The van der Waals surface area contributed by atoms with Crippen LogP contribution >= 0.6 is 0 Å². The first-order valence-electron chi connectivity index (χ1n) is 3.08. The van der Waals surface area contributed by atoms with Crippen molar-refractivity contribution in [2.24, 2.45) is 5.92 Å². The van der Waals surface area contributed by atoms with Gasteiger partial charge in [-0.1, -0.05) is 18.2 Å². The maximum atomic E-state index is 2.36. The summed E-state index contributed by atoms with van der Waals surface area (Å²) in [6, 6.07) is 0. The van der Waals surface area contributed by atoms with E-state index in [0.29, 0.717) is 0 Å². The standard InChI is InChI=1S/C8H6/c1-2-6-7-3-4-8(6)5(1)7/h1-3,5H,4H2. The zero-order valence-corrected chi connectivity index (χ0v) is 4.52. The van der Waals surface area contributed by atoms with Gasteiger partial charge in [0, 0.05) is 5.92 Å². The molecule has 1 unspecified atom stereocenters. The highest BCUT2D eigenvalue weighted by molar-refractivity contribution is 5.70. The van der Waals surface area contributed by atoms with E-state index < -0.39 is 0 Å². The number of allylic oxidation sites excluding steroid dienone is 6. The van der Waals surface area contributed by atoms with E-state index in [0.717, 1.165) is 5.92 Å². The monoisotopic (exact) mass is 102 g/mol. The van der Waals surface area contributed by atoms with Crippen molar-refractivity contribution in [2.45, 2.75) is 6.42 Å². The van der Waals surface area contributed by atoms with Crippen molar-refractivity contribution >= 4 is 0 Å². The molecule has 0 nitrogen and oxygen atoms in total. The molecule has 5 aliphatic rings. The van der Waals surface area contributed by atoms with Crippen LogP contribution in [0.2, 0.25) is 0 Å². The van der Waals surface area contributed by atoms with Crippen molar-refractivity contribution in [2.75, 3.05) is 0 Å². The summed E-state index contributed by atoms with van der Waals surface area (Å²) >= 11 is 0. The van der Waals surface area contributed by atoms with Crippen LogP contribution in [0.4, 0.5) is 0 Å². The molecular weight excluding hydrogens is 96.1 g/mol. The molecule has 0 fully saturated rings. The van der Waals surface area contributed by atoms with Crippen LogP contribution in [0.1, 0.15) is 6.42 Å². The Morgan fingerprint density at radius 3 is 2.88 bits per heavy atom. The molecule has 0 aliphatic heterocycles. The molecular formula is C8H6. The second-order valence-corrected chi connectivity index (χ2v) is 2.64. The number of fused-ring (bicyclic) bond motifs is 1. The Morgan fingerprint density at radius 1 is 1.50 bits per heavy atom. The molecule has 0 spiro atoms. The lowest BCUT2D eigenvalue weighted by atomic mass is 9.85. The Balaban J connectivity index is 2.45. The molecule has 0 radical (unpaired) electrons. The Labute approximate surface area is 48.2 Å². The molecule has 0 heterocycles. The molecule has 0 amide bonds. The molecule has 4 bridgehead atoms. The van der Waals surface area contributed by atoms with E-state index in [9.17, 15) is 0 Å². The topological polar surface area (TPSA) is 0 Å². The molecule has 0 saturated carbocycles. The van der Waals surface area contributed by atoms with Crippen LogP contribution in [0.3, 0.4) is 0 Å². The summed E-state index contributed by atoms with van der Waals surface area (Å²) in [5.74, 6) is 0.796. The second kappa shape index (κ2) is 0.732. The van der Waals surface area contributed by atoms with Gasteiger partial charge in [-0.25, -0.2) is 0 Å². The summed E-state index contributed by atoms with van der Waals surface area (Å²) in [7, 11) is 0. The van der Waals surface area contributed by atoms with Crippen LogP contribution in [0.15, 0.2) is 34.9 Å². The van der Waals surface area contributed by atoms with E-state index >= 15 is 0 Å². The van der Waals surface area contributed by atoms with Gasteiger partial charge in [-0.3, -0.25) is 0 Å². The third-order valence-electron chi connectivity index (χ3n) is 2.36. The Kier molecular flexibility index (Phi) is 0.301. The fourth-order valence-corrected chi connectivity index (χ4v) is 1.94. The largest absolute Gasteiger partial charge is 0.0757 e. The van der Waals surface area contributed by atoms with Gasteiger partial charge < -0.3 is 0 Å². The lowest BCUT2D eigenvalue weighted by molar-refractivity contribution is 0.894. The van der Waals surface area contributed by atoms with E-state index in [2.05, 4.69) is 18.2 Å². The van der Waals surface area contributed by atoms with Crippen molar-refractivity contribution in [1.82, 2.24) is 0 Å². The highest BCUT2D eigenvalue weighted by Crippen LogP contribution is 2.54. The van der Waals surface area contributed by atoms with Gasteiger partial charge in [0.2, 0.25) is 0 Å². The minimum atomic E-state index is 0.796. The van der Waals surface area contributed by atoms with Crippen molar-refractivity contribution in [1.29, 1.82) is 0 Å². The van der Waals surface area contributed by atoms with E-state index in [-0.39, 0.29) is 0 Å². The first-order chi connectivity index (χ1) is 3.97. The molecule has 0 saturated heterocycles. The quantitative estimate of drug-likeness (QED) is 0.437. The first kappa shape index (κ1) is 3.29.